The minimum absolute atomic E-state index is 0. The Hall–Kier alpha value is -0.840. The van der Waals surface area contributed by atoms with Crippen LogP contribution in [0.5, 0.6) is 0 Å². The molecule has 3 rings (SSSR count). The molecule has 7 nitrogen and oxygen atoms in total. The molecule has 2 fully saturated rings. The third-order valence-corrected chi connectivity index (χ3v) is 5.67. The molecule has 1 aromatic heterocycles. The predicted octanol–water partition coefficient (Wildman–Crippen LogP) is 2.28. The van der Waals surface area contributed by atoms with E-state index >= 15 is 0 Å². The minimum atomic E-state index is -0.163. The van der Waals surface area contributed by atoms with Crippen LogP contribution >= 0.6 is 35.6 Å². The van der Waals surface area contributed by atoms with Gasteiger partial charge in [0.1, 0.15) is 5.82 Å². The van der Waals surface area contributed by atoms with Crippen molar-refractivity contribution in [3.05, 3.63) is 23.4 Å². The van der Waals surface area contributed by atoms with Crippen LogP contribution in [-0.2, 0) is 4.74 Å². The van der Waals surface area contributed by atoms with E-state index in [4.69, 9.17) is 21.3 Å². The number of aliphatic imine (C=N–C) groups is 1. The second-order valence-electron chi connectivity index (χ2n) is 7.35. The highest BCUT2D eigenvalue weighted by atomic mass is 127. The third kappa shape index (κ3) is 6.08. The van der Waals surface area contributed by atoms with Crippen molar-refractivity contribution in [2.75, 3.05) is 50.9 Å². The van der Waals surface area contributed by atoms with Gasteiger partial charge in [0.05, 0.1) is 18.2 Å². The highest BCUT2D eigenvalue weighted by Gasteiger charge is 2.32. The van der Waals surface area contributed by atoms with E-state index in [1.807, 2.05) is 12.1 Å². The zero-order chi connectivity index (χ0) is 19.1. The number of hydrogen-bond acceptors (Lipinski definition) is 5. The number of aliphatic hydroxyl groups is 1. The predicted molar refractivity (Wildman–Crippen MR) is 124 cm³/mol. The first-order chi connectivity index (χ1) is 13.2. The lowest BCUT2D eigenvalue weighted by atomic mass is 9.81. The van der Waals surface area contributed by atoms with Gasteiger partial charge >= 0.3 is 0 Å². The second-order valence-corrected chi connectivity index (χ2v) is 7.76. The van der Waals surface area contributed by atoms with E-state index in [0.29, 0.717) is 24.8 Å². The molecule has 0 amide bonds. The number of halogens is 2. The highest BCUT2D eigenvalue weighted by molar-refractivity contribution is 14.0. The fourth-order valence-corrected chi connectivity index (χ4v) is 3.85. The average molecular weight is 524 g/mol. The molecule has 3 heterocycles. The number of anilines is 1. The molecule has 1 atom stereocenters. The first-order valence-electron chi connectivity index (χ1n) is 9.75. The average Bonchev–Trinajstić information content (AvgIpc) is 3.16. The molecule has 1 unspecified atom stereocenters. The Balaban J connectivity index is 0.00000280. The van der Waals surface area contributed by atoms with Crippen LogP contribution in [0.1, 0.15) is 26.2 Å². The lowest BCUT2D eigenvalue weighted by Crippen LogP contribution is -2.46. The molecule has 2 aliphatic heterocycles. The highest BCUT2D eigenvalue weighted by Crippen LogP contribution is 2.30. The molecule has 0 saturated carbocycles. The Morgan fingerprint density at radius 3 is 2.93 bits per heavy atom. The van der Waals surface area contributed by atoms with Gasteiger partial charge in [0.15, 0.2) is 5.96 Å². The number of ether oxygens (including phenoxy) is 1. The first kappa shape index (κ1) is 23.4. The summed E-state index contributed by atoms with van der Waals surface area (Å²) < 4.78 is 5.44. The van der Waals surface area contributed by atoms with Crippen LogP contribution in [0.2, 0.25) is 5.02 Å². The van der Waals surface area contributed by atoms with E-state index in [1.165, 1.54) is 0 Å². The van der Waals surface area contributed by atoms with Crippen molar-refractivity contribution in [3.63, 3.8) is 0 Å². The first-order valence-corrected chi connectivity index (χ1v) is 10.1. The summed E-state index contributed by atoms with van der Waals surface area (Å²) in [5.41, 5.74) is -0.163. The van der Waals surface area contributed by atoms with Crippen molar-refractivity contribution in [2.45, 2.75) is 32.2 Å². The number of aromatic nitrogens is 1. The standard InChI is InChI=1S/C19H30ClN5O2.HI/c1-2-21-18(23-13-19(14-26)6-10-27-11-7-19)24-15-5-9-25(12-15)17-16(20)4-3-8-22-17;/h3-4,8,15,26H,2,5-7,9-14H2,1H3,(H2,21,23,24);1H. The normalized spacial score (nSPS) is 21.9. The van der Waals surface area contributed by atoms with Gasteiger partial charge in [-0.15, -0.1) is 24.0 Å². The molecule has 1 aromatic rings. The summed E-state index contributed by atoms with van der Waals surface area (Å²) in [6.45, 7) is 6.74. The summed E-state index contributed by atoms with van der Waals surface area (Å²) in [4.78, 5) is 11.4. The third-order valence-electron chi connectivity index (χ3n) is 5.37. The summed E-state index contributed by atoms with van der Waals surface area (Å²) in [7, 11) is 0. The lowest BCUT2D eigenvalue weighted by molar-refractivity contribution is -0.0106. The topological polar surface area (TPSA) is 82.0 Å². The number of rotatable bonds is 6. The second kappa shape index (κ2) is 11.4. The molecule has 0 spiro atoms. The molecule has 0 bridgehead atoms. The zero-order valence-corrected chi connectivity index (χ0v) is 19.5. The van der Waals surface area contributed by atoms with Crippen molar-refractivity contribution in [1.29, 1.82) is 0 Å². The van der Waals surface area contributed by atoms with E-state index < -0.39 is 0 Å². The molecular formula is C19H31ClIN5O2. The van der Waals surface area contributed by atoms with Gasteiger partial charge in [0.25, 0.3) is 0 Å². The molecule has 2 saturated heterocycles. The van der Waals surface area contributed by atoms with Gasteiger partial charge in [-0.3, -0.25) is 4.99 Å². The van der Waals surface area contributed by atoms with Crippen LogP contribution in [0, 0.1) is 5.41 Å². The van der Waals surface area contributed by atoms with E-state index in [9.17, 15) is 5.11 Å². The van der Waals surface area contributed by atoms with Crippen molar-refractivity contribution >= 4 is 47.4 Å². The fourth-order valence-electron chi connectivity index (χ4n) is 3.61. The SMILES string of the molecule is CCNC(=NCC1(CO)CCOCC1)NC1CCN(c2ncccc2Cl)C1.I. The summed E-state index contributed by atoms with van der Waals surface area (Å²) in [6, 6.07) is 4.00. The smallest absolute Gasteiger partial charge is 0.191 e. The molecule has 0 aromatic carbocycles. The summed E-state index contributed by atoms with van der Waals surface area (Å²) in [5.74, 6) is 1.64. The number of nitrogens with zero attached hydrogens (tertiary/aromatic N) is 3. The fraction of sp³-hybridized carbons (Fsp3) is 0.684. The Morgan fingerprint density at radius 1 is 1.46 bits per heavy atom. The van der Waals surface area contributed by atoms with Gasteiger partial charge in [0.2, 0.25) is 0 Å². The molecule has 2 aliphatic rings. The van der Waals surface area contributed by atoms with E-state index in [1.54, 1.807) is 6.20 Å². The number of hydrogen-bond donors (Lipinski definition) is 3. The van der Waals surface area contributed by atoms with Crippen molar-refractivity contribution < 1.29 is 9.84 Å². The van der Waals surface area contributed by atoms with Crippen molar-refractivity contribution in [2.24, 2.45) is 10.4 Å². The number of aliphatic hydroxyl groups excluding tert-OH is 1. The molecule has 9 heteroatoms. The maximum absolute atomic E-state index is 9.86. The summed E-state index contributed by atoms with van der Waals surface area (Å²) in [6.07, 6.45) is 4.47. The zero-order valence-electron chi connectivity index (χ0n) is 16.4. The maximum atomic E-state index is 9.86. The Labute approximate surface area is 189 Å². The molecule has 158 valence electrons. The summed E-state index contributed by atoms with van der Waals surface area (Å²) >= 11 is 6.28. The number of pyridine rings is 1. The number of nitrogens with one attached hydrogen (secondary N) is 2. The van der Waals surface area contributed by atoms with Gasteiger partial charge in [0, 0.05) is 50.5 Å². The Morgan fingerprint density at radius 2 is 2.25 bits per heavy atom. The quantitative estimate of drug-likeness (QED) is 0.302. The van der Waals surface area contributed by atoms with Crippen LogP contribution in [0.15, 0.2) is 23.3 Å². The molecule has 0 aliphatic carbocycles. The molecule has 28 heavy (non-hydrogen) atoms. The monoisotopic (exact) mass is 523 g/mol. The van der Waals surface area contributed by atoms with Gasteiger partial charge in [-0.25, -0.2) is 4.98 Å². The van der Waals surface area contributed by atoms with Crippen LogP contribution in [0.3, 0.4) is 0 Å². The molecule has 3 N–H and O–H groups in total. The van der Waals surface area contributed by atoms with Crippen LogP contribution < -0.4 is 15.5 Å². The Bertz CT molecular complexity index is 643. The number of guanidine groups is 1. The van der Waals surface area contributed by atoms with Crippen LogP contribution in [-0.4, -0.2) is 68.1 Å². The van der Waals surface area contributed by atoms with Crippen LogP contribution in [0.4, 0.5) is 5.82 Å². The van der Waals surface area contributed by atoms with Crippen molar-refractivity contribution in [1.82, 2.24) is 15.6 Å². The van der Waals surface area contributed by atoms with Crippen LogP contribution in [0.25, 0.3) is 0 Å². The van der Waals surface area contributed by atoms with Gasteiger partial charge in [-0.1, -0.05) is 11.6 Å². The summed E-state index contributed by atoms with van der Waals surface area (Å²) in [5, 5.41) is 17.4. The van der Waals surface area contributed by atoms with Crippen molar-refractivity contribution in [3.8, 4) is 0 Å². The van der Waals surface area contributed by atoms with E-state index in [-0.39, 0.29) is 42.0 Å². The van der Waals surface area contributed by atoms with Gasteiger partial charge in [-0.2, -0.15) is 0 Å². The van der Waals surface area contributed by atoms with Gasteiger partial charge < -0.3 is 25.4 Å². The molecular weight excluding hydrogens is 493 g/mol. The molecule has 0 radical (unpaired) electrons. The van der Waals surface area contributed by atoms with E-state index in [2.05, 4.69) is 27.4 Å². The maximum Gasteiger partial charge on any atom is 0.191 e. The lowest BCUT2D eigenvalue weighted by Gasteiger charge is -2.34. The largest absolute Gasteiger partial charge is 0.396 e. The Kier molecular flexibility index (Phi) is 9.52. The van der Waals surface area contributed by atoms with E-state index in [0.717, 1.165) is 50.7 Å². The van der Waals surface area contributed by atoms with Gasteiger partial charge in [-0.05, 0) is 38.3 Å². The minimum Gasteiger partial charge on any atom is -0.396 e.